The molecule has 0 radical (unpaired) electrons. The second kappa shape index (κ2) is 10.4. The summed E-state index contributed by atoms with van der Waals surface area (Å²) in [6.07, 6.45) is 6.61. The minimum atomic E-state index is -0.797. The zero-order valence-electron chi connectivity index (χ0n) is 20.1. The molecule has 184 valence electrons. The number of carboxylic acids is 1. The molecule has 34 heavy (non-hydrogen) atoms. The molecule has 2 atom stereocenters. The Hall–Kier alpha value is -3.10. The van der Waals surface area contributed by atoms with Gasteiger partial charge in [0.15, 0.2) is 5.76 Å². The van der Waals surface area contributed by atoms with E-state index in [1.165, 1.54) is 0 Å². The number of aryl methyl sites for hydroxylation is 2. The van der Waals surface area contributed by atoms with Crippen LogP contribution in [0.25, 0.3) is 11.5 Å². The molecule has 4 rings (SSSR count). The lowest BCUT2D eigenvalue weighted by atomic mass is 10.0. The average Bonchev–Trinajstić information content (AvgIpc) is 3.55. The number of aliphatic carboxylic acids is 1. The molecule has 2 saturated carbocycles. The first kappa shape index (κ1) is 24.0. The fourth-order valence-corrected chi connectivity index (χ4v) is 5.01. The van der Waals surface area contributed by atoms with Gasteiger partial charge in [0.1, 0.15) is 24.2 Å². The van der Waals surface area contributed by atoms with E-state index in [1.807, 2.05) is 19.9 Å². The summed E-state index contributed by atoms with van der Waals surface area (Å²) in [7, 11) is 1.79. The Balaban J connectivity index is 1.44. The molecule has 9 nitrogen and oxygen atoms in total. The summed E-state index contributed by atoms with van der Waals surface area (Å²) in [5.74, 6) is 0.313. The molecule has 2 aromatic rings. The van der Waals surface area contributed by atoms with Gasteiger partial charge < -0.3 is 24.0 Å². The fraction of sp³-hybridized carbons (Fsp3) is 0.600. The Bertz CT molecular complexity index is 1030. The van der Waals surface area contributed by atoms with Gasteiger partial charge in [0.05, 0.1) is 23.4 Å². The third kappa shape index (κ3) is 5.34. The van der Waals surface area contributed by atoms with Gasteiger partial charge in [0.25, 0.3) is 0 Å². The lowest BCUT2D eigenvalue weighted by molar-refractivity contribution is -0.138. The summed E-state index contributed by atoms with van der Waals surface area (Å²) in [5.41, 5.74) is 2.59. The van der Waals surface area contributed by atoms with Crippen molar-refractivity contribution in [2.75, 3.05) is 7.05 Å². The van der Waals surface area contributed by atoms with Crippen LogP contribution in [0.3, 0.4) is 0 Å². The topological polar surface area (TPSA) is 115 Å². The van der Waals surface area contributed by atoms with Crippen LogP contribution in [-0.2, 0) is 16.1 Å². The molecule has 1 amide bonds. The SMILES string of the molecule is Cc1nc(-c2onc(C)c2COC(=O)N(C)C2CCCC2)ccc1O[C@H]1CCC[C@H]1CC(=O)O. The summed E-state index contributed by atoms with van der Waals surface area (Å²) in [6, 6.07) is 3.86. The Morgan fingerprint density at radius 3 is 2.59 bits per heavy atom. The van der Waals surface area contributed by atoms with E-state index in [0.717, 1.165) is 44.9 Å². The van der Waals surface area contributed by atoms with Crippen molar-refractivity contribution in [2.24, 2.45) is 5.92 Å². The number of aromatic nitrogens is 2. The Morgan fingerprint density at radius 1 is 1.12 bits per heavy atom. The smallest absolute Gasteiger partial charge is 0.410 e. The highest BCUT2D eigenvalue weighted by atomic mass is 16.6. The van der Waals surface area contributed by atoms with Gasteiger partial charge in [-0.15, -0.1) is 0 Å². The first-order chi connectivity index (χ1) is 16.3. The molecule has 0 unspecified atom stereocenters. The Kier molecular flexibility index (Phi) is 7.38. The van der Waals surface area contributed by atoms with Crippen molar-refractivity contribution in [1.82, 2.24) is 15.0 Å². The summed E-state index contributed by atoms with van der Waals surface area (Å²) < 4.78 is 17.3. The number of carbonyl (C=O) groups is 2. The van der Waals surface area contributed by atoms with Crippen molar-refractivity contribution in [3.63, 3.8) is 0 Å². The van der Waals surface area contributed by atoms with Crippen LogP contribution in [0.1, 0.15) is 68.3 Å². The highest BCUT2D eigenvalue weighted by Gasteiger charge is 2.31. The van der Waals surface area contributed by atoms with E-state index in [9.17, 15) is 9.59 Å². The maximum atomic E-state index is 12.5. The van der Waals surface area contributed by atoms with E-state index in [0.29, 0.717) is 34.2 Å². The van der Waals surface area contributed by atoms with Gasteiger partial charge in [0, 0.05) is 19.0 Å². The van der Waals surface area contributed by atoms with Gasteiger partial charge in [-0.3, -0.25) is 4.79 Å². The summed E-state index contributed by atoms with van der Waals surface area (Å²) >= 11 is 0. The van der Waals surface area contributed by atoms with Crippen LogP contribution >= 0.6 is 0 Å². The molecule has 0 bridgehead atoms. The number of ether oxygens (including phenoxy) is 2. The van der Waals surface area contributed by atoms with Gasteiger partial charge in [0.2, 0.25) is 0 Å². The fourth-order valence-electron chi connectivity index (χ4n) is 5.01. The van der Waals surface area contributed by atoms with Crippen LogP contribution in [0.2, 0.25) is 0 Å². The third-order valence-corrected chi connectivity index (χ3v) is 7.06. The first-order valence-corrected chi connectivity index (χ1v) is 12.0. The van der Waals surface area contributed by atoms with Crippen molar-refractivity contribution in [2.45, 2.75) is 84.0 Å². The number of nitrogens with zero attached hydrogens (tertiary/aromatic N) is 3. The molecule has 9 heteroatoms. The van der Waals surface area contributed by atoms with Gasteiger partial charge in [-0.1, -0.05) is 18.0 Å². The van der Waals surface area contributed by atoms with Crippen molar-refractivity contribution in [3.8, 4) is 17.2 Å². The number of hydrogen-bond acceptors (Lipinski definition) is 7. The molecule has 0 aliphatic heterocycles. The van der Waals surface area contributed by atoms with E-state index in [-0.39, 0.29) is 37.2 Å². The average molecular weight is 472 g/mol. The number of carbonyl (C=O) groups excluding carboxylic acids is 1. The zero-order chi connectivity index (χ0) is 24.2. The van der Waals surface area contributed by atoms with E-state index < -0.39 is 5.97 Å². The molecule has 2 heterocycles. The second-order valence-electron chi connectivity index (χ2n) is 9.40. The second-order valence-corrected chi connectivity index (χ2v) is 9.40. The number of hydrogen-bond donors (Lipinski definition) is 1. The van der Waals surface area contributed by atoms with Crippen LogP contribution < -0.4 is 4.74 Å². The summed E-state index contributed by atoms with van der Waals surface area (Å²) in [5, 5.41) is 13.2. The minimum Gasteiger partial charge on any atom is -0.488 e. The minimum absolute atomic E-state index is 0.0113. The van der Waals surface area contributed by atoms with Crippen LogP contribution in [0.15, 0.2) is 16.7 Å². The van der Waals surface area contributed by atoms with E-state index in [2.05, 4.69) is 10.1 Å². The lowest BCUT2D eigenvalue weighted by Gasteiger charge is -2.23. The van der Waals surface area contributed by atoms with Gasteiger partial charge in [-0.25, -0.2) is 9.78 Å². The Labute approximate surface area is 199 Å². The number of carboxylic acid groups (broad SMARTS) is 1. The van der Waals surface area contributed by atoms with Crippen LogP contribution in [-0.4, -0.2) is 51.4 Å². The van der Waals surface area contributed by atoms with E-state index in [1.54, 1.807) is 18.0 Å². The monoisotopic (exact) mass is 471 g/mol. The molecule has 2 fully saturated rings. The molecule has 2 aliphatic carbocycles. The maximum absolute atomic E-state index is 12.5. The third-order valence-electron chi connectivity index (χ3n) is 7.06. The first-order valence-electron chi connectivity index (χ1n) is 12.0. The summed E-state index contributed by atoms with van der Waals surface area (Å²) in [4.78, 5) is 30.0. The highest BCUT2D eigenvalue weighted by Crippen LogP contribution is 2.34. The van der Waals surface area contributed by atoms with Crippen LogP contribution in [0.4, 0.5) is 4.79 Å². The van der Waals surface area contributed by atoms with Gasteiger partial charge in [-0.2, -0.15) is 0 Å². The predicted molar refractivity (Wildman–Crippen MR) is 123 cm³/mol. The predicted octanol–water partition coefficient (Wildman–Crippen LogP) is 4.89. The molecule has 0 aromatic carbocycles. The molecular weight excluding hydrogens is 438 g/mol. The standard InChI is InChI=1S/C25H33N3O6/c1-15-19(14-32-25(31)28(3)18-8-4-5-9-18)24(34-27-15)20-11-12-21(16(2)26-20)33-22-10-6-7-17(22)13-23(29)30/h11-12,17-18,22H,4-10,13-14H2,1-3H3,(H,29,30)/t17-,22-/m0/s1. The van der Waals surface area contributed by atoms with E-state index >= 15 is 0 Å². The van der Waals surface area contributed by atoms with Crippen molar-refractivity contribution >= 4 is 12.1 Å². The van der Waals surface area contributed by atoms with Crippen molar-refractivity contribution < 1.29 is 28.7 Å². The number of amides is 1. The maximum Gasteiger partial charge on any atom is 0.410 e. The molecule has 2 aromatic heterocycles. The Morgan fingerprint density at radius 2 is 1.88 bits per heavy atom. The van der Waals surface area contributed by atoms with Gasteiger partial charge in [-0.05, 0) is 58.1 Å². The highest BCUT2D eigenvalue weighted by molar-refractivity contribution is 5.68. The largest absolute Gasteiger partial charge is 0.488 e. The molecule has 2 aliphatic rings. The van der Waals surface area contributed by atoms with Crippen molar-refractivity contribution in [3.05, 3.63) is 29.1 Å². The number of pyridine rings is 1. The van der Waals surface area contributed by atoms with Crippen molar-refractivity contribution in [1.29, 1.82) is 0 Å². The van der Waals surface area contributed by atoms with Gasteiger partial charge >= 0.3 is 12.1 Å². The lowest BCUT2D eigenvalue weighted by Crippen LogP contribution is -2.35. The number of rotatable bonds is 8. The molecule has 0 spiro atoms. The molecule has 0 saturated heterocycles. The molecular formula is C25H33N3O6. The van der Waals surface area contributed by atoms with Crippen LogP contribution in [0.5, 0.6) is 5.75 Å². The van der Waals surface area contributed by atoms with Crippen LogP contribution in [0, 0.1) is 19.8 Å². The normalized spacial score (nSPS) is 20.4. The van der Waals surface area contributed by atoms with E-state index in [4.69, 9.17) is 19.1 Å². The molecule has 1 N–H and O–H groups in total. The quantitative estimate of drug-likeness (QED) is 0.579. The zero-order valence-corrected chi connectivity index (χ0v) is 20.1. The summed E-state index contributed by atoms with van der Waals surface area (Å²) in [6.45, 7) is 3.71.